The number of hydrogen-bond acceptors (Lipinski definition) is 4. The molecule has 2 rings (SSSR count). The zero-order valence-electron chi connectivity index (χ0n) is 8.92. The van der Waals surface area contributed by atoms with Gasteiger partial charge >= 0.3 is 0 Å². The van der Waals surface area contributed by atoms with E-state index in [1.54, 1.807) is 7.11 Å². The molecule has 2 N–H and O–H groups in total. The molecule has 0 saturated carbocycles. The maximum absolute atomic E-state index is 9.86. The summed E-state index contributed by atoms with van der Waals surface area (Å²) in [6, 6.07) is 7.59. The Balaban J connectivity index is 2.08. The number of aliphatic hydroxyl groups is 1. The Morgan fingerprint density at radius 2 is 2.38 bits per heavy atom. The summed E-state index contributed by atoms with van der Waals surface area (Å²) in [7, 11) is 1.62. The van der Waals surface area contributed by atoms with Crippen molar-refractivity contribution in [2.75, 3.05) is 7.11 Å². The molecule has 1 atom stereocenters. The summed E-state index contributed by atoms with van der Waals surface area (Å²) in [4.78, 5) is 0. The molecule has 0 aliphatic heterocycles. The van der Waals surface area contributed by atoms with E-state index in [0.717, 1.165) is 11.3 Å². The van der Waals surface area contributed by atoms with Crippen LogP contribution in [-0.4, -0.2) is 27.6 Å². The van der Waals surface area contributed by atoms with Crippen molar-refractivity contribution in [3.05, 3.63) is 41.7 Å². The maximum atomic E-state index is 9.86. The van der Waals surface area contributed by atoms with Crippen LogP contribution < -0.4 is 4.74 Å². The third-order valence-electron chi connectivity index (χ3n) is 2.34. The van der Waals surface area contributed by atoms with Gasteiger partial charge in [-0.1, -0.05) is 12.1 Å². The van der Waals surface area contributed by atoms with E-state index in [2.05, 4.69) is 15.4 Å². The predicted octanol–water partition coefficient (Wildman–Crippen LogP) is 1.09. The fourth-order valence-corrected chi connectivity index (χ4v) is 1.50. The quantitative estimate of drug-likeness (QED) is 0.807. The SMILES string of the molecule is COc1cccc(CC(O)c2cn[nH]n2)c1. The first kappa shape index (κ1) is 10.6. The van der Waals surface area contributed by atoms with Crippen LogP contribution in [0.2, 0.25) is 0 Å². The Morgan fingerprint density at radius 3 is 3.06 bits per heavy atom. The van der Waals surface area contributed by atoms with E-state index >= 15 is 0 Å². The van der Waals surface area contributed by atoms with E-state index in [0.29, 0.717) is 12.1 Å². The van der Waals surface area contributed by atoms with Gasteiger partial charge in [0.25, 0.3) is 0 Å². The Morgan fingerprint density at radius 1 is 1.50 bits per heavy atom. The number of nitrogens with zero attached hydrogens (tertiary/aromatic N) is 2. The Hall–Kier alpha value is -1.88. The number of H-pyrrole nitrogens is 1. The molecular weight excluding hydrogens is 206 g/mol. The molecular formula is C11H13N3O2. The molecule has 5 nitrogen and oxygen atoms in total. The lowest BCUT2D eigenvalue weighted by molar-refractivity contribution is 0.173. The largest absolute Gasteiger partial charge is 0.497 e. The molecule has 1 unspecified atom stereocenters. The number of methoxy groups -OCH3 is 1. The van der Waals surface area contributed by atoms with Gasteiger partial charge in [0.05, 0.1) is 13.3 Å². The zero-order valence-corrected chi connectivity index (χ0v) is 8.92. The van der Waals surface area contributed by atoms with E-state index in [9.17, 15) is 5.11 Å². The smallest absolute Gasteiger partial charge is 0.119 e. The molecule has 0 spiro atoms. The average molecular weight is 219 g/mol. The van der Waals surface area contributed by atoms with E-state index < -0.39 is 6.10 Å². The number of nitrogens with one attached hydrogen (secondary N) is 1. The van der Waals surface area contributed by atoms with Crippen molar-refractivity contribution in [1.82, 2.24) is 15.4 Å². The minimum Gasteiger partial charge on any atom is -0.497 e. The molecule has 5 heteroatoms. The van der Waals surface area contributed by atoms with Gasteiger partial charge in [0.15, 0.2) is 0 Å². The van der Waals surface area contributed by atoms with Crippen LogP contribution in [0.4, 0.5) is 0 Å². The lowest BCUT2D eigenvalue weighted by Gasteiger charge is -2.08. The highest BCUT2D eigenvalue weighted by atomic mass is 16.5. The van der Waals surface area contributed by atoms with Crippen molar-refractivity contribution < 1.29 is 9.84 Å². The first-order valence-corrected chi connectivity index (χ1v) is 4.96. The molecule has 0 bridgehead atoms. The van der Waals surface area contributed by atoms with Crippen molar-refractivity contribution in [2.45, 2.75) is 12.5 Å². The summed E-state index contributed by atoms with van der Waals surface area (Å²) in [5, 5.41) is 19.8. The molecule has 0 aliphatic carbocycles. The number of aromatic amines is 1. The second-order valence-electron chi connectivity index (χ2n) is 3.47. The molecule has 16 heavy (non-hydrogen) atoms. The molecule has 0 radical (unpaired) electrons. The van der Waals surface area contributed by atoms with Crippen LogP contribution in [0, 0.1) is 0 Å². The number of hydrogen-bond donors (Lipinski definition) is 2. The first-order valence-electron chi connectivity index (χ1n) is 4.96. The van der Waals surface area contributed by atoms with Crippen molar-refractivity contribution >= 4 is 0 Å². The third-order valence-corrected chi connectivity index (χ3v) is 2.34. The molecule has 1 aromatic carbocycles. The summed E-state index contributed by atoms with van der Waals surface area (Å²) in [6.45, 7) is 0. The average Bonchev–Trinajstić information content (AvgIpc) is 2.83. The normalized spacial score (nSPS) is 12.4. The zero-order chi connectivity index (χ0) is 11.4. The molecule has 0 amide bonds. The van der Waals surface area contributed by atoms with Crippen LogP contribution in [0.15, 0.2) is 30.5 Å². The second-order valence-corrected chi connectivity index (χ2v) is 3.47. The van der Waals surface area contributed by atoms with Crippen LogP contribution in [-0.2, 0) is 6.42 Å². The lowest BCUT2D eigenvalue weighted by Crippen LogP contribution is -2.02. The highest BCUT2D eigenvalue weighted by Crippen LogP contribution is 2.19. The standard InChI is InChI=1S/C11H13N3O2/c1-16-9-4-2-3-8(5-9)6-11(15)10-7-12-14-13-10/h2-5,7,11,15H,6H2,1H3,(H,12,13,14). The Kier molecular flexibility index (Phi) is 3.16. The number of aromatic nitrogens is 3. The van der Waals surface area contributed by atoms with Crippen LogP contribution in [0.5, 0.6) is 5.75 Å². The fourth-order valence-electron chi connectivity index (χ4n) is 1.50. The van der Waals surface area contributed by atoms with Crippen LogP contribution in [0.3, 0.4) is 0 Å². The highest BCUT2D eigenvalue weighted by Gasteiger charge is 2.11. The van der Waals surface area contributed by atoms with Gasteiger partial charge in [0.2, 0.25) is 0 Å². The molecule has 0 aliphatic rings. The van der Waals surface area contributed by atoms with Gasteiger partial charge in [0.1, 0.15) is 17.5 Å². The molecule has 0 fully saturated rings. The third kappa shape index (κ3) is 2.38. The summed E-state index contributed by atoms with van der Waals surface area (Å²) < 4.78 is 5.11. The van der Waals surface area contributed by atoms with Gasteiger partial charge in [-0.25, -0.2) is 0 Å². The first-order chi connectivity index (χ1) is 7.79. The fraction of sp³-hybridized carbons (Fsp3) is 0.273. The molecule has 2 aromatic rings. The maximum Gasteiger partial charge on any atom is 0.119 e. The Bertz CT molecular complexity index is 442. The van der Waals surface area contributed by atoms with Gasteiger partial charge in [-0.3, -0.25) is 0 Å². The van der Waals surface area contributed by atoms with Gasteiger partial charge < -0.3 is 9.84 Å². The predicted molar refractivity (Wildman–Crippen MR) is 58.0 cm³/mol. The lowest BCUT2D eigenvalue weighted by atomic mass is 10.1. The number of benzene rings is 1. The number of aliphatic hydroxyl groups excluding tert-OH is 1. The second kappa shape index (κ2) is 4.76. The van der Waals surface area contributed by atoms with E-state index in [1.807, 2.05) is 24.3 Å². The minimum absolute atomic E-state index is 0.490. The number of rotatable bonds is 4. The van der Waals surface area contributed by atoms with Crippen LogP contribution in [0.25, 0.3) is 0 Å². The summed E-state index contributed by atoms with van der Waals surface area (Å²) in [5.74, 6) is 0.782. The van der Waals surface area contributed by atoms with Crippen molar-refractivity contribution in [3.8, 4) is 5.75 Å². The topological polar surface area (TPSA) is 71.0 Å². The molecule has 0 saturated heterocycles. The monoisotopic (exact) mass is 219 g/mol. The van der Waals surface area contributed by atoms with E-state index in [4.69, 9.17) is 4.74 Å². The van der Waals surface area contributed by atoms with Crippen molar-refractivity contribution in [3.63, 3.8) is 0 Å². The van der Waals surface area contributed by atoms with Gasteiger partial charge in [-0.05, 0) is 17.7 Å². The molecule has 84 valence electrons. The highest BCUT2D eigenvalue weighted by molar-refractivity contribution is 5.29. The summed E-state index contributed by atoms with van der Waals surface area (Å²) >= 11 is 0. The van der Waals surface area contributed by atoms with Gasteiger partial charge in [-0.15, -0.1) is 0 Å². The van der Waals surface area contributed by atoms with Crippen LogP contribution >= 0.6 is 0 Å². The number of ether oxygens (including phenoxy) is 1. The minimum atomic E-state index is -0.647. The molecule has 1 heterocycles. The molecule has 1 aromatic heterocycles. The van der Waals surface area contributed by atoms with Gasteiger partial charge in [-0.2, -0.15) is 15.4 Å². The van der Waals surface area contributed by atoms with Crippen LogP contribution in [0.1, 0.15) is 17.4 Å². The summed E-state index contributed by atoms with van der Waals surface area (Å²) in [5.41, 5.74) is 1.54. The summed E-state index contributed by atoms with van der Waals surface area (Å²) in [6.07, 6.45) is 1.36. The van der Waals surface area contributed by atoms with Gasteiger partial charge in [0, 0.05) is 6.42 Å². The Labute approximate surface area is 93.1 Å². The van der Waals surface area contributed by atoms with Crippen molar-refractivity contribution in [2.24, 2.45) is 0 Å². The van der Waals surface area contributed by atoms with Crippen molar-refractivity contribution in [1.29, 1.82) is 0 Å². The van der Waals surface area contributed by atoms with E-state index in [-0.39, 0.29) is 0 Å². The van der Waals surface area contributed by atoms with E-state index in [1.165, 1.54) is 6.20 Å².